The predicted octanol–water partition coefficient (Wildman–Crippen LogP) is 0.915. The van der Waals surface area contributed by atoms with Gasteiger partial charge < -0.3 is 5.32 Å². The minimum Gasteiger partial charge on any atom is -0.313 e. The molecule has 1 aliphatic heterocycles. The number of rotatable bonds is 1. The Morgan fingerprint density at radius 3 is 3.27 bits per heavy atom. The fraction of sp³-hybridized carbons (Fsp3) is 0.429. The summed E-state index contributed by atoms with van der Waals surface area (Å²) in [5.41, 5.74) is 2.42. The van der Waals surface area contributed by atoms with Crippen LogP contribution in [0.25, 0.3) is 6.08 Å². The lowest BCUT2D eigenvalue weighted by Crippen LogP contribution is -2.04. The molecule has 0 amide bonds. The molecule has 1 aliphatic rings. The third-order valence-corrected chi connectivity index (χ3v) is 2.20. The van der Waals surface area contributed by atoms with Crippen LogP contribution in [0.1, 0.15) is 12.1 Å². The van der Waals surface area contributed by atoms with Crippen molar-refractivity contribution in [2.75, 3.05) is 13.1 Å². The Morgan fingerprint density at radius 2 is 2.64 bits per heavy atom. The maximum Gasteiger partial charge on any atom is 0.0969 e. The number of hydrogen-bond acceptors (Lipinski definition) is 4. The SMILES string of the molecule is C(=C1\CCNC1)/c1cnsn1. The normalized spacial score (nSPS) is 21.3. The van der Waals surface area contributed by atoms with E-state index in [1.807, 2.05) is 0 Å². The van der Waals surface area contributed by atoms with Crippen molar-refractivity contribution in [3.63, 3.8) is 0 Å². The molecule has 0 atom stereocenters. The van der Waals surface area contributed by atoms with Crippen molar-refractivity contribution >= 4 is 17.8 Å². The fourth-order valence-corrected chi connectivity index (χ4v) is 1.55. The van der Waals surface area contributed by atoms with Crippen LogP contribution >= 0.6 is 11.7 Å². The van der Waals surface area contributed by atoms with Crippen LogP contribution in [0.4, 0.5) is 0 Å². The summed E-state index contributed by atoms with van der Waals surface area (Å²) in [6.07, 6.45) is 5.07. The van der Waals surface area contributed by atoms with Crippen molar-refractivity contribution in [3.8, 4) is 0 Å². The van der Waals surface area contributed by atoms with Crippen molar-refractivity contribution in [1.82, 2.24) is 14.1 Å². The molecule has 58 valence electrons. The van der Waals surface area contributed by atoms with Gasteiger partial charge in [0.2, 0.25) is 0 Å². The first-order chi connectivity index (χ1) is 5.45. The molecule has 1 aromatic rings. The first kappa shape index (κ1) is 6.94. The van der Waals surface area contributed by atoms with E-state index in [0.717, 1.165) is 25.2 Å². The molecule has 11 heavy (non-hydrogen) atoms. The van der Waals surface area contributed by atoms with Crippen LogP contribution < -0.4 is 5.32 Å². The molecule has 0 aromatic carbocycles. The Labute approximate surface area is 69.5 Å². The molecule has 0 radical (unpaired) electrons. The lowest BCUT2D eigenvalue weighted by atomic mass is 10.2. The number of nitrogens with zero attached hydrogens (tertiary/aromatic N) is 2. The van der Waals surface area contributed by atoms with Gasteiger partial charge in [-0.2, -0.15) is 8.75 Å². The lowest BCUT2D eigenvalue weighted by molar-refractivity contribution is 0.862. The van der Waals surface area contributed by atoms with Gasteiger partial charge in [-0.3, -0.25) is 0 Å². The molecular weight excluding hydrogens is 158 g/mol. The predicted molar refractivity (Wildman–Crippen MR) is 45.4 cm³/mol. The Hall–Kier alpha value is -0.740. The quantitative estimate of drug-likeness (QED) is 0.675. The van der Waals surface area contributed by atoms with Crippen LogP contribution in [0.2, 0.25) is 0 Å². The zero-order valence-electron chi connectivity index (χ0n) is 6.08. The summed E-state index contributed by atoms with van der Waals surface area (Å²) in [7, 11) is 0. The summed E-state index contributed by atoms with van der Waals surface area (Å²) in [6.45, 7) is 2.11. The maximum atomic E-state index is 4.11. The second kappa shape index (κ2) is 3.11. The fourth-order valence-electron chi connectivity index (χ4n) is 1.15. The molecule has 1 fully saturated rings. The van der Waals surface area contributed by atoms with E-state index in [0.29, 0.717) is 0 Å². The van der Waals surface area contributed by atoms with Crippen LogP contribution in [0.5, 0.6) is 0 Å². The summed E-state index contributed by atoms with van der Waals surface area (Å²) < 4.78 is 8.04. The summed E-state index contributed by atoms with van der Waals surface area (Å²) in [4.78, 5) is 0. The molecule has 3 nitrogen and oxygen atoms in total. The van der Waals surface area contributed by atoms with E-state index < -0.39 is 0 Å². The van der Waals surface area contributed by atoms with Gasteiger partial charge in [-0.1, -0.05) is 5.57 Å². The maximum absolute atomic E-state index is 4.11. The first-order valence-electron chi connectivity index (χ1n) is 3.63. The van der Waals surface area contributed by atoms with Gasteiger partial charge in [0.15, 0.2) is 0 Å². The minimum atomic E-state index is 0.994. The topological polar surface area (TPSA) is 37.8 Å². The van der Waals surface area contributed by atoms with E-state index in [-0.39, 0.29) is 0 Å². The van der Waals surface area contributed by atoms with Crippen molar-refractivity contribution in [2.24, 2.45) is 0 Å². The van der Waals surface area contributed by atoms with Gasteiger partial charge in [0.1, 0.15) is 0 Å². The number of hydrogen-bond donors (Lipinski definition) is 1. The van der Waals surface area contributed by atoms with Gasteiger partial charge in [0.05, 0.1) is 23.6 Å². The molecule has 0 saturated carbocycles. The Balaban J connectivity index is 2.13. The van der Waals surface area contributed by atoms with E-state index in [1.165, 1.54) is 17.3 Å². The van der Waals surface area contributed by atoms with Crippen molar-refractivity contribution in [1.29, 1.82) is 0 Å². The molecule has 4 heteroatoms. The van der Waals surface area contributed by atoms with E-state index in [4.69, 9.17) is 0 Å². The Morgan fingerprint density at radius 1 is 1.64 bits per heavy atom. The summed E-state index contributed by atoms with van der Waals surface area (Å²) in [5.74, 6) is 0. The molecule has 1 saturated heterocycles. The highest BCUT2D eigenvalue weighted by molar-refractivity contribution is 6.99. The smallest absolute Gasteiger partial charge is 0.0969 e. The standard InChI is InChI=1S/C7H9N3S/c1-2-8-4-6(1)3-7-5-9-11-10-7/h3,5,8H,1-2,4H2/b6-3-. The molecule has 2 heterocycles. The second-order valence-electron chi connectivity index (χ2n) is 2.56. The molecule has 1 aromatic heterocycles. The van der Waals surface area contributed by atoms with E-state index in [2.05, 4.69) is 20.1 Å². The van der Waals surface area contributed by atoms with Gasteiger partial charge in [-0.25, -0.2) is 0 Å². The average Bonchev–Trinajstić information content (AvgIpc) is 2.60. The third kappa shape index (κ3) is 1.64. The van der Waals surface area contributed by atoms with Crippen LogP contribution in [-0.4, -0.2) is 21.8 Å². The summed E-state index contributed by atoms with van der Waals surface area (Å²) in [5, 5.41) is 3.27. The zero-order valence-corrected chi connectivity index (χ0v) is 6.90. The van der Waals surface area contributed by atoms with Crippen molar-refractivity contribution in [3.05, 3.63) is 17.5 Å². The lowest BCUT2D eigenvalue weighted by Gasteiger charge is -1.89. The highest BCUT2D eigenvalue weighted by atomic mass is 32.1. The van der Waals surface area contributed by atoms with Crippen molar-refractivity contribution in [2.45, 2.75) is 6.42 Å². The highest BCUT2D eigenvalue weighted by Crippen LogP contribution is 2.10. The Bertz CT molecular complexity index is 245. The average molecular weight is 167 g/mol. The van der Waals surface area contributed by atoms with E-state index in [1.54, 1.807) is 6.20 Å². The minimum absolute atomic E-state index is 0.994. The van der Waals surface area contributed by atoms with Crippen molar-refractivity contribution < 1.29 is 0 Å². The van der Waals surface area contributed by atoms with Crippen LogP contribution in [-0.2, 0) is 0 Å². The second-order valence-corrected chi connectivity index (χ2v) is 3.12. The summed E-state index contributed by atoms with van der Waals surface area (Å²) in [6, 6.07) is 0. The molecule has 2 rings (SSSR count). The Kier molecular flexibility index (Phi) is 1.96. The van der Waals surface area contributed by atoms with Crippen LogP contribution in [0.3, 0.4) is 0 Å². The molecule has 0 spiro atoms. The number of nitrogens with one attached hydrogen (secondary N) is 1. The molecule has 0 unspecified atom stereocenters. The molecule has 0 aliphatic carbocycles. The van der Waals surface area contributed by atoms with Crippen LogP contribution in [0, 0.1) is 0 Å². The zero-order chi connectivity index (χ0) is 7.52. The van der Waals surface area contributed by atoms with Gasteiger partial charge in [0, 0.05) is 6.54 Å². The highest BCUT2D eigenvalue weighted by Gasteiger charge is 2.05. The van der Waals surface area contributed by atoms with E-state index >= 15 is 0 Å². The molecular formula is C7H9N3S. The van der Waals surface area contributed by atoms with Gasteiger partial charge in [-0.05, 0) is 19.0 Å². The molecule has 0 bridgehead atoms. The van der Waals surface area contributed by atoms with Crippen LogP contribution in [0.15, 0.2) is 11.8 Å². The van der Waals surface area contributed by atoms with Gasteiger partial charge >= 0.3 is 0 Å². The third-order valence-electron chi connectivity index (χ3n) is 1.71. The number of aromatic nitrogens is 2. The van der Waals surface area contributed by atoms with Gasteiger partial charge in [-0.15, -0.1) is 0 Å². The largest absolute Gasteiger partial charge is 0.313 e. The first-order valence-corrected chi connectivity index (χ1v) is 4.36. The molecule has 1 N–H and O–H groups in total. The monoisotopic (exact) mass is 167 g/mol. The summed E-state index contributed by atoms with van der Waals surface area (Å²) >= 11 is 1.26. The van der Waals surface area contributed by atoms with Gasteiger partial charge in [0.25, 0.3) is 0 Å². The van der Waals surface area contributed by atoms with E-state index in [9.17, 15) is 0 Å².